The zero-order chi connectivity index (χ0) is 20.1. The Morgan fingerprint density at radius 1 is 0.929 bits per heavy atom. The number of ketones is 1. The van der Waals surface area contributed by atoms with Gasteiger partial charge >= 0.3 is 0 Å². The summed E-state index contributed by atoms with van der Waals surface area (Å²) in [6, 6.07) is 19.7. The summed E-state index contributed by atoms with van der Waals surface area (Å²) in [6.07, 6.45) is 0. The zero-order valence-electron chi connectivity index (χ0n) is 15.0. The highest BCUT2D eigenvalue weighted by atomic mass is 35.5. The van der Waals surface area contributed by atoms with Gasteiger partial charge in [0, 0.05) is 26.7 Å². The highest BCUT2D eigenvalue weighted by Crippen LogP contribution is 2.25. The second kappa shape index (κ2) is 9.28. The number of carbonyl (C=O) groups excluding carboxylic acids is 2. The van der Waals surface area contributed by atoms with Crippen molar-refractivity contribution in [3.8, 4) is 0 Å². The van der Waals surface area contributed by atoms with E-state index in [1.165, 1.54) is 11.8 Å². The first-order chi connectivity index (χ1) is 13.4. The summed E-state index contributed by atoms with van der Waals surface area (Å²) >= 11 is 13.4. The first-order valence-corrected chi connectivity index (χ1v) is 10.3. The summed E-state index contributed by atoms with van der Waals surface area (Å²) in [6.45, 7) is 1.90. The summed E-state index contributed by atoms with van der Waals surface area (Å²) in [7, 11) is 0. The highest BCUT2D eigenvalue weighted by Gasteiger charge is 2.12. The van der Waals surface area contributed by atoms with E-state index in [0.717, 1.165) is 10.5 Å². The molecule has 0 heterocycles. The minimum Gasteiger partial charge on any atom is -0.322 e. The Kier molecular flexibility index (Phi) is 6.79. The lowest BCUT2D eigenvalue weighted by atomic mass is 10.1. The molecule has 0 unspecified atom stereocenters. The maximum Gasteiger partial charge on any atom is 0.255 e. The van der Waals surface area contributed by atoms with Crippen LogP contribution in [-0.2, 0) is 0 Å². The predicted molar refractivity (Wildman–Crippen MR) is 117 cm³/mol. The molecule has 0 aliphatic rings. The van der Waals surface area contributed by atoms with Crippen molar-refractivity contribution in [3.63, 3.8) is 0 Å². The fourth-order valence-electron chi connectivity index (χ4n) is 2.60. The van der Waals surface area contributed by atoms with E-state index in [9.17, 15) is 9.59 Å². The van der Waals surface area contributed by atoms with E-state index in [-0.39, 0.29) is 17.4 Å². The molecule has 0 spiro atoms. The Morgan fingerprint density at radius 2 is 1.64 bits per heavy atom. The molecule has 0 saturated carbocycles. The molecular formula is C22H17Cl2NO2S. The second-order valence-electron chi connectivity index (χ2n) is 6.13. The third-order valence-electron chi connectivity index (χ3n) is 4.10. The number of carbonyl (C=O) groups is 2. The van der Waals surface area contributed by atoms with Gasteiger partial charge in [0.15, 0.2) is 5.78 Å². The smallest absolute Gasteiger partial charge is 0.255 e. The average molecular weight is 430 g/mol. The zero-order valence-corrected chi connectivity index (χ0v) is 17.4. The summed E-state index contributed by atoms with van der Waals surface area (Å²) < 4.78 is 0. The van der Waals surface area contributed by atoms with Gasteiger partial charge in [0.1, 0.15) is 0 Å². The Balaban J connectivity index is 1.59. The van der Waals surface area contributed by atoms with E-state index in [1.807, 2.05) is 49.4 Å². The third-order valence-corrected chi connectivity index (χ3v) is 5.66. The van der Waals surface area contributed by atoms with Crippen LogP contribution >= 0.6 is 35.0 Å². The van der Waals surface area contributed by atoms with Crippen LogP contribution in [0.2, 0.25) is 10.0 Å². The first kappa shape index (κ1) is 20.5. The monoisotopic (exact) mass is 429 g/mol. The van der Waals surface area contributed by atoms with E-state index in [0.29, 0.717) is 26.9 Å². The van der Waals surface area contributed by atoms with Gasteiger partial charge in [-0.05, 0) is 61.0 Å². The molecule has 0 radical (unpaired) electrons. The molecule has 0 aliphatic heterocycles. The van der Waals surface area contributed by atoms with Crippen LogP contribution in [0.4, 0.5) is 5.69 Å². The van der Waals surface area contributed by atoms with E-state index in [1.54, 1.807) is 24.3 Å². The maximum absolute atomic E-state index is 12.4. The molecule has 142 valence electrons. The van der Waals surface area contributed by atoms with Crippen LogP contribution in [0.25, 0.3) is 0 Å². The largest absolute Gasteiger partial charge is 0.322 e. The van der Waals surface area contributed by atoms with E-state index in [4.69, 9.17) is 23.2 Å². The predicted octanol–water partition coefficient (Wildman–Crippen LogP) is 6.53. The average Bonchev–Trinajstić information content (AvgIpc) is 2.67. The number of rotatable bonds is 6. The maximum atomic E-state index is 12.4. The van der Waals surface area contributed by atoms with Gasteiger partial charge in [0.05, 0.1) is 10.8 Å². The van der Waals surface area contributed by atoms with Crippen LogP contribution in [0.1, 0.15) is 26.3 Å². The number of aryl methyl sites for hydroxylation is 1. The Bertz CT molecular complexity index is 1020. The molecule has 0 saturated heterocycles. The van der Waals surface area contributed by atoms with Gasteiger partial charge < -0.3 is 5.32 Å². The molecule has 3 aromatic rings. The molecule has 0 atom stereocenters. The van der Waals surface area contributed by atoms with Gasteiger partial charge in [-0.3, -0.25) is 9.59 Å². The number of amides is 1. The van der Waals surface area contributed by atoms with E-state index in [2.05, 4.69) is 5.32 Å². The minimum absolute atomic E-state index is 0.0661. The van der Waals surface area contributed by atoms with Gasteiger partial charge in [0.25, 0.3) is 5.91 Å². The number of nitrogens with one attached hydrogen (secondary N) is 1. The molecule has 3 nitrogen and oxygen atoms in total. The van der Waals surface area contributed by atoms with Crippen LogP contribution in [0.3, 0.4) is 0 Å². The number of benzene rings is 3. The molecule has 0 aliphatic carbocycles. The van der Waals surface area contributed by atoms with Crippen molar-refractivity contribution in [2.45, 2.75) is 11.8 Å². The fourth-order valence-corrected chi connectivity index (χ4v) is 3.90. The lowest BCUT2D eigenvalue weighted by molar-refractivity contribution is 0.101. The van der Waals surface area contributed by atoms with Crippen molar-refractivity contribution >= 4 is 52.3 Å². The van der Waals surface area contributed by atoms with Gasteiger partial charge in [-0.2, -0.15) is 0 Å². The van der Waals surface area contributed by atoms with Gasteiger partial charge in [0.2, 0.25) is 0 Å². The summed E-state index contributed by atoms with van der Waals surface area (Å²) in [5.41, 5.74) is 2.73. The number of Topliss-reactive ketones (excluding diaryl/α,β-unsaturated/α-hetero) is 1. The number of hydrogen-bond acceptors (Lipinski definition) is 3. The fraction of sp³-hybridized carbons (Fsp3) is 0.0909. The topological polar surface area (TPSA) is 46.2 Å². The van der Waals surface area contributed by atoms with Crippen molar-refractivity contribution in [2.24, 2.45) is 0 Å². The van der Waals surface area contributed by atoms with Crippen molar-refractivity contribution in [1.29, 1.82) is 0 Å². The minimum atomic E-state index is -0.147. The number of hydrogen-bond donors (Lipinski definition) is 1. The molecule has 1 amide bonds. The van der Waals surface area contributed by atoms with Crippen molar-refractivity contribution in [3.05, 3.63) is 93.5 Å². The van der Waals surface area contributed by atoms with Gasteiger partial charge in [-0.25, -0.2) is 0 Å². The number of halogens is 2. The number of anilines is 1. The molecular weight excluding hydrogens is 413 g/mol. The molecule has 0 fully saturated rings. The SMILES string of the molecule is Cc1ccccc1C(=O)Nc1ccc(SCC(=O)c2ccc(Cl)cc2Cl)cc1. The summed E-state index contributed by atoms with van der Waals surface area (Å²) in [4.78, 5) is 25.6. The Hall–Kier alpha value is -2.27. The van der Waals surface area contributed by atoms with Crippen LogP contribution in [0.5, 0.6) is 0 Å². The van der Waals surface area contributed by atoms with Crippen LogP contribution < -0.4 is 5.32 Å². The normalized spacial score (nSPS) is 10.5. The Morgan fingerprint density at radius 3 is 2.32 bits per heavy atom. The lowest BCUT2D eigenvalue weighted by Crippen LogP contribution is -2.13. The standard InChI is InChI=1S/C22H17Cl2NO2S/c1-14-4-2-3-5-18(14)22(27)25-16-7-9-17(10-8-16)28-13-21(26)19-11-6-15(23)12-20(19)24/h2-12H,13H2,1H3,(H,25,27). The first-order valence-electron chi connectivity index (χ1n) is 8.52. The quantitative estimate of drug-likeness (QED) is 0.357. The number of thioether (sulfide) groups is 1. The summed E-state index contributed by atoms with van der Waals surface area (Å²) in [5, 5.41) is 3.74. The van der Waals surface area contributed by atoms with Gasteiger partial charge in [-0.15, -0.1) is 11.8 Å². The van der Waals surface area contributed by atoms with E-state index < -0.39 is 0 Å². The molecule has 0 aromatic heterocycles. The third kappa shape index (κ3) is 5.16. The van der Waals surface area contributed by atoms with Crippen molar-refractivity contribution < 1.29 is 9.59 Å². The second-order valence-corrected chi connectivity index (χ2v) is 8.02. The molecule has 0 bridgehead atoms. The van der Waals surface area contributed by atoms with E-state index >= 15 is 0 Å². The molecule has 28 heavy (non-hydrogen) atoms. The lowest BCUT2D eigenvalue weighted by Gasteiger charge is -2.08. The van der Waals surface area contributed by atoms with Crippen molar-refractivity contribution in [1.82, 2.24) is 0 Å². The van der Waals surface area contributed by atoms with Crippen molar-refractivity contribution in [2.75, 3.05) is 11.1 Å². The van der Waals surface area contributed by atoms with Crippen LogP contribution in [0.15, 0.2) is 71.6 Å². The summed E-state index contributed by atoms with van der Waals surface area (Å²) in [5.74, 6) is 0.0469. The van der Waals surface area contributed by atoms with Crippen LogP contribution in [-0.4, -0.2) is 17.4 Å². The van der Waals surface area contributed by atoms with Gasteiger partial charge in [-0.1, -0.05) is 41.4 Å². The Labute approximate surface area is 178 Å². The highest BCUT2D eigenvalue weighted by molar-refractivity contribution is 8.00. The molecule has 3 rings (SSSR count). The molecule has 6 heteroatoms. The molecule has 1 N–H and O–H groups in total. The van der Waals surface area contributed by atoms with Crippen LogP contribution in [0, 0.1) is 6.92 Å². The molecule has 3 aromatic carbocycles.